The third-order valence-corrected chi connectivity index (χ3v) is 3.76. The molecular weight excluding hydrogens is 214 g/mol. The smallest absolute Gasteiger partial charge is 0.0614 e. The third kappa shape index (κ3) is 3.03. The molecule has 0 saturated carbocycles. The van der Waals surface area contributed by atoms with Gasteiger partial charge >= 0.3 is 0 Å². The lowest BCUT2D eigenvalue weighted by molar-refractivity contribution is 0.0806. The average Bonchev–Trinajstić information content (AvgIpc) is 2.41. The largest absolute Gasteiger partial charge is 0.394 e. The maximum absolute atomic E-state index is 9.42. The first-order valence-electron chi connectivity index (χ1n) is 6.20. The Morgan fingerprint density at radius 3 is 2.71 bits per heavy atom. The minimum Gasteiger partial charge on any atom is -0.394 e. The Bertz CT molecular complexity index is 328. The van der Waals surface area contributed by atoms with Crippen LogP contribution in [-0.4, -0.2) is 47.3 Å². The van der Waals surface area contributed by atoms with E-state index in [1.165, 1.54) is 0 Å². The Kier molecular flexibility index (Phi) is 4.10. The first kappa shape index (κ1) is 12.5. The molecule has 4 nitrogen and oxygen atoms in total. The van der Waals surface area contributed by atoms with Crippen molar-refractivity contribution >= 4 is 0 Å². The van der Waals surface area contributed by atoms with Crippen molar-refractivity contribution in [2.45, 2.75) is 24.9 Å². The molecule has 0 unspecified atom stereocenters. The number of likely N-dealkylation sites (N-methyl/N-ethyl adjacent to an activating group) is 1. The molecule has 4 heteroatoms. The van der Waals surface area contributed by atoms with Crippen LogP contribution in [0.4, 0.5) is 0 Å². The zero-order valence-electron chi connectivity index (χ0n) is 10.4. The predicted octanol–water partition coefficient (Wildman–Crippen LogP) is 0.628. The number of nitrogens with one attached hydrogen (secondary N) is 1. The molecule has 0 amide bonds. The van der Waals surface area contributed by atoms with E-state index in [1.807, 2.05) is 25.4 Å². The van der Waals surface area contributed by atoms with Crippen LogP contribution in [0.3, 0.4) is 0 Å². The number of piperidine rings is 1. The lowest BCUT2D eigenvalue weighted by Gasteiger charge is -2.40. The zero-order chi connectivity index (χ0) is 12.1. The van der Waals surface area contributed by atoms with E-state index in [2.05, 4.69) is 21.3 Å². The molecule has 0 atom stereocenters. The summed E-state index contributed by atoms with van der Waals surface area (Å²) in [6.45, 7) is 3.16. The molecule has 2 rings (SSSR count). The van der Waals surface area contributed by atoms with Crippen molar-refractivity contribution in [3.8, 4) is 0 Å². The van der Waals surface area contributed by atoms with Gasteiger partial charge in [0.1, 0.15) is 0 Å². The van der Waals surface area contributed by atoms with Crippen molar-refractivity contribution in [3.05, 3.63) is 30.1 Å². The molecule has 0 aromatic carbocycles. The van der Waals surface area contributed by atoms with Crippen molar-refractivity contribution in [3.63, 3.8) is 0 Å². The van der Waals surface area contributed by atoms with Crippen molar-refractivity contribution in [2.75, 3.05) is 26.7 Å². The number of pyridine rings is 1. The van der Waals surface area contributed by atoms with Gasteiger partial charge in [-0.15, -0.1) is 0 Å². The second-order valence-electron chi connectivity index (χ2n) is 4.79. The number of aliphatic hydroxyl groups excluding tert-OH is 1. The van der Waals surface area contributed by atoms with Crippen LogP contribution in [0.2, 0.25) is 0 Å². The summed E-state index contributed by atoms with van der Waals surface area (Å²) in [5.41, 5.74) is 1.05. The number of hydrogen-bond acceptors (Lipinski definition) is 4. The number of hydrogen-bond donors (Lipinski definition) is 2. The van der Waals surface area contributed by atoms with Crippen molar-refractivity contribution in [2.24, 2.45) is 0 Å². The fourth-order valence-electron chi connectivity index (χ4n) is 2.35. The average molecular weight is 235 g/mol. The first-order valence-corrected chi connectivity index (χ1v) is 6.20. The monoisotopic (exact) mass is 235 g/mol. The molecule has 2 N–H and O–H groups in total. The molecule has 17 heavy (non-hydrogen) atoms. The highest BCUT2D eigenvalue weighted by Crippen LogP contribution is 2.22. The van der Waals surface area contributed by atoms with E-state index < -0.39 is 0 Å². The van der Waals surface area contributed by atoms with Gasteiger partial charge in [0.15, 0.2) is 0 Å². The van der Waals surface area contributed by atoms with Crippen LogP contribution in [-0.2, 0) is 6.54 Å². The second kappa shape index (κ2) is 5.58. The van der Waals surface area contributed by atoms with Crippen molar-refractivity contribution < 1.29 is 5.11 Å². The molecule has 1 aliphatic heterocycles. The van der Waals surface area contributed by atoms with Crippen LogP contribution >= 0.6 is 0 Å². The second-order valence-corrected chi connectivity index (χ2v) is 4.79. The van der Waals surface area contributed by atoms with Crippen LogP contribution in [0.15, 0.2) is 24.4 Å². The molecule has 1 saturated heterocycles. The SMILES string of the molecule is CNC1(CO)CCN(Cc2ccccn2)CC1. The topological polar surface area (TPSA) is 48.4 Å². The van der Waals surface area contributed by atoms with Crippen molar-refractivity contribution in [1.82, 2.24) is 15.2 Å². The Hall–Kier alpha value is -0.970. The normalized spacial score (nSPS) is 20.4. The fraction of sp³-hybridized carbons (Fsp3) is 0.615. The molecule has 0 aliphatic carbocycles. The summed E-state index contributed by atoms with van der Waals surface area (Å²) in [6, 6.07) is 6.03. The van der Waals surface area contributed by atoms with E-state index in [-0.39, 0.29) is 12.1 Å². The lowest BCUT2D eigenvalue weighted by Crippen LogP contribution is -2.54. The Morgan fingerprint density at radius 1 is 1.41 bits per heavy atom. The van der Waals surface area contributed by atoms with Gasteiger partial charge in [0.2, 0.25) is 0 Å². The third-order valence-electron chi connectivity index (χ3n) is 3.76. The quantitative estimate of drug-likeness (QED) is 0.803. The Morgan fingerprint density at radius 2 is 2.18 bits per heavy atom. The highest BCUT2D eigenvalue weighted by atomic mass is 16.3. The molecule has 1 aliphatic rings. The van der Waals surface area contributed by atoms with Gasteiger partial charge in [-0.25, -0.2) is 0 Å². The fourth-order valence-corrected chi connectivity index (χ4v) is 2.35. The lowest BCUT2D eigenvalue weighted by atomic mass is 9.88. The molecule has 94 valence electrons. The summed E-state index contributed by atoms with van der Waals surface area (Å²) < 4.78 is 0. The van der Waals surface area contributed by atoms with Gasteiger partial charge in [0.25, 0.3) is 0 Å². The summed E-state index contributed by atoms with van der Waals surface area (Å²) in [4.78, 5) is 6.74. The maximum atomic E-state index is 9.42. The molecule has 0 radical (unpaired) electrons. The van der Waals surface area contributed by atoms with Crippen LogP contribution in [0.5, 0.6) is 0 Å². The van der Waals surface area contributed by atoms with Crippen LogP contribution in [0, 0.1) is 0 Å². The van der Waals surface area contributed by atoms with E-state index in [9.17, 15) is 5.11 Å². The predicted molar refractivity (Wildman–Crippen MR) is 67.6 cm³/mol. The van der Waals surface area contributed by atoms with E-state index in [0.717, 1.165) is 38.2 Å². The summed E-state index contributed by atoms with van der Waals surface area (Å²) in [7, 11) is 1.94. The molecule has 0 spiro atoms. The minimum absolute atomic E-state index is 0.0688. The molecular formula is C13H21N3O. The molecule has 1 fully saturated rings. The first-order chi connectivity index (χ1) is 8.28. The van der Waals surface area contributed by atoms with Crippen LogP contribution in [0.1, 0.15) is 18.5 Å². The highest BCUT2D eigenvalue weighted by molar-refractivity contribution is 5.04. The molecule has 1 aromatic heterocycles. The van der Waals surface area contributed by atoms with Gasteiger partial charge in [0.05, 0.1) is 12.3 Å². The van der Waals surface area contributed by atoms with E-state index in [0.29, 0.717) is 0 Å². The Labute approximate surface area is 103 Å². The summed E-state index contributed by atoms with van der Waals surface area (Å²) in [5.74, 6) is 0. The molecule has 0 bridgehead atoms. The van der Waals surface area contributed by atoms with Gasteiger partial charge < -0.3 is 10.4 Å². The summed E-state index contributed by atoms with van der Waals surface area (Å²) in [5, 5.41) is 12.7. The van der Waals surface area contributed by atoms with Crippen molar-refractivity contribution in [1.29, 1.82) is 0 Å². The van der Waals surface area contributed by atoms with Crippen LogP contribution in [0.25, 0.3) is 0 Å². The van der Waals surface area contributed by atoms with E-state index in [1.54, 1.807) is 0 Å². The highest BCUT2D eigenvalue weighted by Gasteiger charge is 2.32. The standard InChI is InChI=1S/C13H21N3O/c1-14-13(11-17)5-8-16(9-6-13)10-12-4-2-3-7-15-12/h2-4,7,14,17H,5-6,8-11H2,1H3. The minimum atomic E-state index is -0.0688. The number of aromatic nitrogens is 1. The maximum Gasteiger partial charge on any atom is 0.0614 e. The number of likely N-dealkylation sites (tertiary alicyclic amines) is 1. The van der Waals surface area contributed by atoms with E-state index in [4.69, 9.17) is 0 Å². The zero-order valence-corrected chi connectivity index (χ0v) is 10.4. The van der Waals surface area contributed by atoms with E-state index >= 15 is 0 Å². The summed E-state index contributed by atoms with van der Waals surface area (Å²) in [6.07, 6.45) is 3.82. The number of aliphatic hydroxyl groups is 1. The summed E-state index contributed by atoms with van der Waals surface area (Å²) >= 11 is 0. The van der Waals surface area contributed by atoms with Gasteiger partial charge in [0, 0.05) is 31.4 Å². The molecule has 2 heterocycles. The van der Waals surface area contributed by atoms with Gasteiger partial charge in [-0.3, -0.25) is 9.88 Å². The van der Waals surface area contributed by atoms with Gasteiger partial charge in [-0.1, -0.05) is 6.07 Å². The van der Waals surface area contributed by atoms with Crippen LogP contribution < -0.4 is 5.32 Å². The van der Waals surface area contributed by atoms with Gasteiger partial charge in [-0.05, 0) is 32.0 Å². The number of nitrogens with zero attached hydrogens (tertiary/aromatic N) is 2. The van der Waals surface area contributed by atoms with Gasteiger partial charge in [-0.2, -0.15) is 0 Å². The molecule has 1 aromatic rings. The number of rotatable bonds is 4. The Balaban J connectivity index is 1.87.